The Balaban J connectivity index is 1.66. The van der Waals surface area contributed by atoms with Gasteiger partial charge in [0, 0.05) is 34.4 Å². The Morgan fingerprint density at radius 2 is 1.83 bits per heavy atom. The summed E-state index contributed by atoms with van der Waals surface area (Å²) in [7, 11) is 0. The molecule has 1 aromatic carbocycles. The van der Waals surface area contributed by atoms with Gasteiger partial charge in [0.2, 0.25) is 0 Å². The molecule has 2 aromatic heterocycles. The average Bonchev–Trinajstić information content (AvgIpc) is 3.11. The third kappa shape index (κ3) is 2.93. The molecule has 0 saturated carbocycles. The smallest absolute Gasteiger partial charge is 0.275 e. The topological polar surface area (TPSA) is 102 Å². The van der Waals surface area contributed by atoms with Crippen molar-refractivity contribution in [3.8, 4) is 0 Å². The molecule has 0 amide bonds. The fourth-order valence-corrected chi connectivity index (χ4v) is 5.12. The second-order valence-electron chi connectivity index (χ2n) is 8.48. The third-order valence-corrected chi connectivity index (χ3v) is 6.79. The maximum atomic E-state index is 12.9. The molecular formula is C21H22N4O3S. The number of nitrogens with zero attached hydrogens (tertiary/aromatic N) is 3. The van der Waals surface area contributed by atoms with Crippen LogP contribution in [0.4, 0.5) is 5.69 Å². The van der Waals surface area contributed by atoms with E-state index in [2.05, 4.69) is 15.0 Å². The van der Waals surface area contributed by atoms with E-state index in [0.717, 1.165) is 27.3 Å². The van der Waals surface area contributed by atoms with E-state index >= 15 is 0 Å². The Hall–Kier alpha value is -2.74. The number of thioether (sulfide) groups is 1. The van der Waals surface area contributed by atoms with Gasteiger partial charge in [-0.25, -0.2) is 4.98 Å². The molecule has 0 aliphatic heterocycles. The number of imidazole rings is 1. The highest BCUT2D eigenvalue weighted by Crippen LogP contribution is 2.47. The molecule has 4 rings (SSSR count). The number of carbonyl (C=O) groups is 1. The van der Waals surface area contributed by atoms with Crippen LogP contribution in [0.25, 0.3) is 11.0 Å². The number of nitro groups is 1. The van der Waals surface area contributed by atoms with Gasteiger partial charge in [0.25, 0.3) is 5.69 Å². The minimum Gasteiger partial charge on any atom is -0.333 e. The molecule has 0 bridgehead atoms. The first-order valence-electron chi connectivity index (χ1n) is 9.34. The Labute approximate surface area is 172 Å². The highest BCUT2D eigenvalue weighted by atomic mass is 32.2. The molecule has 3 aromatic rings. The standard InChI is InChI=1S/C21H22N4O3S/c1-11-16(22-7-6-17(11)25(27)28)10-29-19-23-14-8-12-13(9-15(14)24-19)21(4,5)18(26)20(12,2)3/h6-9H,10H2,1-5H3,(H,23,24). The molecule has 150 valence electrons. The summed E-state index contributed by atoms with van der Waals surface area (Å²) in [5.74, 6) is 0.692. The molecular weight excluding hydrogens is 388 g/mol. The zero-order chi connectivity index (χ0) is 21.1. The molecule has 0 unspecified atom stereocenters. The number of H-pyrrole nitrogens is 1. The predicted molar refractivity (Wildman–Crippen MR) is 112 cm³/mol. The van der Waals surface area contributed by atoms with Crippen LogP contribution < -0.4 is 0 Å². The molecule has 1 aliphatic carbocycles. The number of fused-ring (bicyclic) bond motifs is 2. The summed E-state index contributed by atoms with van der Waals surface area (Å²) in [6.07, 6.45) is 1.46. The summed E-state index contributed by atoms with van der Waals surface area (Å²) in [4.78, 5) is 35.8. The third-order valence-electron chi connectivity index (χ3n) is 5.90. The molecule has 8 heteroatoms. The number of hydrogen-bond donors (Lipinski definition) is 1. The summed E-state index contributed by atoms with van der Waals surface area (Å²) in [6, 6.07) is 5.46. The summed E-state index contributed by atoms with van der Waals surface area (Å²) < 4.78 is 0. The van der Waals surface area contributed by atoms with Gasteiger partial charge in [0.15, 0.2) is 10.9 Å². The molecule has 29 heavy (non-hydrogen) atoms. The van der Waals surface area contributed by atoms with E-state index in [-0.39, 0.29) is 11.5 Å². The first-order valence-corrected chi connectivity index (χ1v) is 10.3. The first kappa shape index (κ1) is 19.6. The van der Waals surface area contributed by atoms with Crippen LogP contribution in [0.5, 0.6) is 0 Å². The number of hydrogen-bond acceptors (Lipinski definition) is 6. The lowest BCUT2D eigenvalue weighted by atomic mass is 9.80. The van der Waals surface area contributed by atoms with Crippen LogP contribution in [0.15, 0.2) is 29.6 Å². The summed E-state index contributed by atoms with van der Waals surface area (Å²) in [5, 5.41) is 11.8. The van der Waals surface area contributed by atoms with Crippen LogP contribution >= 0.6 is 11.8 Å². The van der Waals surface area contributed by atoms with Gasteiger partial charge >= 0.3 is 0 Å². The molecule has 7 nitrogen and oxygen atoms in total. The van der Waals surface area contributed by atoms with Crippen LogP contribution in [0.3, 0.4) is 0 Å². The second kappa shape index (κ2) is 6.38. The van der Waals surface area contributed by atoms with Gasteiger partial charge in [-0.05, 0) is 57.9 Å². The molecule has 1 N–H and O–H groups in total. The van der Waals surface area contributed by atoms with Gasteiger partial charge in [-0.1, -0.05) is 11.8 Å². The average molecular weight is 410 g/mol. The Bertz CT molecular complexity index is 1130. The minimum absolute atomic E-state index is 0.0748. The summed E-state index contributed by atoms with van der Waals surface area (Å²) >= 11 is 1.45. The summed E-state index contributed by atoms with van der Waals surface area (Å²) in [5.41, 5.74) is 4.00. The van der Waals surface area contributed by atoms with Crippen molar-refractivity contribution in [2.75, 3.05) is 0 Å². The number of nitrogens with one attached hydrogen (secondary N) is 1. The SMILES string of the molecule is Cc1c([N+](=O)[O-])ccnc1CSc1nc2cc3c(cc2[nH]1)C(C)(C)C(=O)C3(C)C. The molecule has 0 radical (unpaired) electrons. The van der Waals surface area contributed by atoms with Crippen LogP contribution in [0.1, 0.15) is 50.1 Å². The van der Waals surface area contributed by atoms with E-state index < -0.39 is 15.8 Å². The number of benzene rings is 1. The van der Waals surface area contributed by atoms with E-state index in [1.165, 1.54) is 24.0 Å². The number of aromatic amines is 1. The number of rotatable bonds is 4. The maximum absolute atomic E-state index is 12.9. The fraction of sp³-hybridized carbons (Fsp3) is 0.381. The Morgan fingerprint density at radius 3 is 2.48 bits per heavy atom. The molecule has 0 saturated heterocycles. The highest BCUT2D eigenvalue weighted by Gasteiger charge is 2.50. The van der Waals surface area contributed by atoms with Crippen molar-refractivity contribution in [2.24, 2.45) is 0 Å². The normalized spacial score (nSPS) is 16.9. The molecule has 2 heterocycles. The van der Waals surface area contributed by atoms with Crippen molar-refractivity contribution < 1.29 is 9.72 Å². The lowest BCUT2D eigenvalue weighted by molar-refractivity contribution is -0.385. The number of aromatic nitrogens is 3. The van der Waals surface area contributed by atoms with Gasteiger partial charge in [0.05, 0.1) is 21.7 Å². The van der Waals surface area contributed by atoms with Crippen LogP contribution in [0.2, 0.25) is 0 Å². The van der Waals surface area contributed by atoms with Crippen LogP contribution in [0, 0.1) is 17.0 Å². The minimum atomic E-state index is -0.538. The van der Waals surface area contributed by atoms with Gasteiger partial charge in [-0.2, -0.15) is 0 Å². The predicted octanol–water partition coefficient (Wildman–Crippen LogP) is 4.60. The molecule has 1 aliphatic rings. The van der Waals surface area contributed by atoms with Crippen molar-refractivity contribution >= 4 is 34.3 Å². The van der Waals surface area contributed by atoms with E-state index in [9.17, 15) is 14.9 Å². The number of pyridine rings is 1. The number of Topliss-reactive ketones (excluding diaryl/α,β-unsaturated/α-hetero) is 1. The quantitative estimate of drug-likeness (QED) is 0.383. The molecule has 0 atom stereocenters. The van der Waals surface area contributed by atoms with Crippen molar-refractivity contribution in [1.82, 2.24) is 15.0 Å². The largest absolute Gasteiger partial charge is 0.333 e. The second-order valence-corrected chi connectivity index (χ2v) is 9.45. The molecule has 0 fully saturated rings. The lowest BCUT2D eigenvalue weighted by Crippen LogP contribution is -2.33. The van der Waals surface area contributed by atoms with Crippen molar-refractivity contribution in [1.29, 1.82) is 0 Å². The van der Waals surface area contributed by atoms with Crippen LogP contribution in [-0.4, -0.2) is 25.7 Å². The Kier molecular flexibility index (Phi) is 4.31. The number of ketones is 1. The molecule has 0 spiro atoms. The van der Waals surface area contributed by atoms with E-state index in [0.29, 0.717) is 17.0 Å². The van der Waals surface area contributed by atoms with E-state index in [1.54, 1.807) is 6.92 Å². The monoisotopic (exact) mass is 410 g/mol. The van der Waals surface area contributed by atoms with Gasteiger partial charge < -0.3 is 4.98 Å². The van der Waals surface area contributed by atoms with E-state index in [4.69, 9.17) is 0 Å². The van der Waals surface area contributed by atoms with E-state index in [1.807, 2.05) is 39.8 Å². The van der Waals surface area contributed by atoms with Gasteiger partial charge in [-0.15, -0.1) is 0 Å². The maximum Gasteiger partial charge on any atom is 0.275 e. The summed E-state index contributed by atoms with van der Waals surface area (Å²) in [6.45, 7) is 9.59. The number of carbonyl (C=O) groups excluding carboxylic acids is 1. The first-order chi connectivity index (χ1) is 13.5. The zero-order valence-corrected chi connectivity index (χ0v) is 17.8. The highest BCUT2D eigenvalue weighted by molar-refractivity contribution is 7.98. The van der Waals surface area contributed by atoms with Gasteiger partial charge in [0.1, 0.15) is 0 Å². The fourth-order valence-electron chi connectivity index (χ4n) is 4.21. The van der Waals surface area contributed by atoms with Crippen molar-refractivity contribution in [3.05, 3.63) is 56.9 Å². The lowest BCUT2D eigenvalue weighted by Gasteiger charge is -2.21. The van der Waals surface area contributed by atoms with Gasteiger partial charge in [-0.3, -0.25) is 19.9 Å². The Morgan fingerprint density at radius 1 is 1.17 bits per heavy atom. The van der Waals surface area contributed by atoms with Crippen molar-refractivity contribution in [3.63, 3.8) is 0 Å². The van der Waals surface area contributed by atoms with Crippen molar-refractivity contribution in [2.45, 2.75) is 56.4 Å². The van der Waals surface area contributed by atoms with Crippen LogP contribution in [-0.2, 0) is 21.4 Å². The zero-order valence-electron chi connectivity index (χ0n) is 17.0.